The monoisotopic (exact) mass is 264 g/mol. The molecule has 0 amide bonds. The first-order valence-electron chi connectivity index (χ1n) is 7.01. The minimum Gasteiger partial charge on any atom is -0.370 e. The Kier molecular flexibility index (Phi) is 5.08. The standard InChI is InChI=1S/C16H21FO2/c1-12-3-2-4-16(9-12)19-11-15(18)10-13-5-7-14(17)8-6-13/h5-8,12,16H,2-4,9-11H2,1H3. The van der Waals surface area contributed by atoms with Crippen LogP contribution in [0.5, 0.6) is 0 Å². The molecule has 3 heteroatoms. The second-order valence-corrected chi connectivity index (χ2v) is 5.55. The fraction of sp³-hybridized carbons (Fsp3) is 0.562. The van der Waals surface area contributed by atoms with Gasteiger partial charge in [0, 0.05) is 6.42 Å². The number of ether oxygens (including phenoxy) is 1. The molecule has 1 aromatic rings. The van der Waals surface area contributed by atoms with Gasteiger partial charge >= 0.3 is 0 Å². The van der Waals surface area contributed by atoms with Crippen LogP contribution < -0.4 is 0 Å². The summed E-state index contributed by atoms with van der Waals surface area (Å²) < 4.78 is 18.4. The first-order valence-corrected chi connectivity index (χ1v) is 7.01. The molecule has 19 heavy (non-hydrogen) atoms. The average Bonchev–Trinajstić information content (AvgIpc) is 2.39. The maximum Gasteiger partial charge on any atom is 0.162 e. The van der Waals surface area contributed by atoms with Crippen molar-refractivity contribution in [1.82, 2.24) is 0 Å². The molecule has 0 saturated heterocycles. The Morgan fingerprint density at radius 3 is 2.74 bits per heavy atom. The number of hydrogen-bond acceptors (Lipinski definition) is 2. The molecule has 2 unspecified atom stereocenters. The number of benzene rings is 1. The lowest BCUT2D eigenvalue weighted by Gasteiger charge is -2.26. The highest BCUT2D eigenvalue weighted by Crippen LogP contribution is 2.25. The van der Waals surface area contributed by atoms with E-state index in [9.17, 15) is 9.18 Å². The van der Waals surface area contributed by atoms with Crippen LogP contribution in [-0.4, -0.2) is 18.5 Å². The fourth-order valence-corrected chi connectivity index (χ4v) is 2.62. The maximum atomic E-state index is 12.7. The third-order valence-electron chi connectivity index (χ3n) is 3.68. The Morgan fingerprint density at radius 1 is 1.32 bits per heavy atom. The van der Waals surface area contributed by atoms with Gasteiger partial charge in [-0.1, -0.05) is 31.9 Å². The lowest BCUT2D eigenvalue weighted by molar-refractivity contribution is -0.125. The van der Waals surface area contributed by atoms with Gasteiger partial charge in [0.05, 0.1) is 6.10 Å². The van der Waals surface area contributed by atoms with E-state index in [-0.39, 0.29) is 24.3 Å². The largest absolute Gasteiger partial charge is 0.370 e. The zero-order valence-electron chi connectivity index (χ0n) is 11.4. The highest BCUT2D eigenvalue weighted by Gasteiger charge is 2.20. The van der Waals surface area contributed by atoms with Crippen LogP contribution in [0, 0.1) is 11.7 Å². The van der Waals surface area contributed by atoms with E-state index in [1.54, 1.807) is 12.1 Å². The van der Waals surface area contributed by atoms with E-state index in [2.05, 4.69) is 6.92 Å². The number of rotatable bonds is 5. The molecule has 0 bridgehead atoms. The van der Waals surface area contributed by atoms with Crippen molar-refractivity contribution in [1.29, 1.82) is 0 Å². The van der Waals surface area contributed by atoms with E-state index >= 15 is 0 Å². The van der Waals surface area contributed by atoms with Crippen molar-refractivity contribution < 1.29 is 13.9 Å². The van der Waals surface area contributed by atoms with Crippen LogP contribution >= 0.6 is 0 Å². The van der Waals surface area contributed by atoms with E-state index in [1.165, 1.54) is 25.0 Å². The van der Waals surface area contributed by atoms with Gasteiger partial charge in [-0.2, -0.15) is 0 Å². The normalized spacial score (nSPS) is 23.3. The molecule has 1 fully saturated rings. The van der Waals surface area contributed by atoms with Crippen LogP contribution in [0.1, 0.15) is 38.2 Å². The van der Waals surface area contributed by atoms with Crippen molar-refractivity contribution in [2.75, 3.05) is 6.61 Å². The molecule has 1 saturated carbocycles. The van der Waals surface area contributed by atoms with Crippen molar-refractivity contribution in [2.24, 2.45) is 5.92 Å². The quantitative estimate of drug-likeness (QED) is 0.813. The van der Waals surface area contributed by atoms with Gasteiger partial charge in [-0.25, -0.2) is 4.39 Å². The zero-order chi connectivity index (χ0) is 13.7. The summed E-state index contributed by atoms with van der Waals surface area (Å²) >= 11 is 0. The molecule has 0 N–H and O–H groups in total. The minimum atomic E-state index is -0.274. The molecular formula is C16H21FO2. The average molecular weight is 264 g/mol. The molecule has 1 aromatic carbocycles. The van der Waals surface area contributed by atoms with Crippen LogP contribution in [0.2, 0.25) is 0 Å². The van der Waals surface area contributed by atoms with Gasteiger partial charge in [0.25, 0.3) is 0 Å². The minimum absolute atomic E-state index is 0.0600. The number of carbonyl (C=O) groups excluding carboxylic acids is 1. The summed E-state index contributed by atoms with van der Waals surface area (Å²) in [5, 5.41) is 0. The molecule has 1 aliphatic rings. The van der Waals surface area contributed by atoms with Crippen LogP contribution in [-0.2, 0) is 16.0 Å². The number of hydrogen-bond donors (Lipinski definition) is 0. The molecule has 2 nitrogen and oxygen atoms in total. The smallest absolute Gasteiger partial charge is 0.162 e. The molecular weight excluding hydrogens is 243 g/mol. The highest BCUT2D eigenvalue weighted by molar-refractivity contribution is 5.82. The Labute approximate surface area is 114 Å². The number of carbonyl (C=O) groups is 1. The van der Waals surface area contributed by atoms with E-state index in [4.69, 9.17) is 4.74 Å². The summed E-state index contributed by atoms with van der Waals surface area (Å²) in [6.07, 6.45) is 5.14. The molecule has 0 radical (unpaired) electrons. The molecule has 104 valence electrons. The Bertz CT molecular complexity index is 413. The van der Waals surface area contributed by atoms with Gasteiger partial charge in [0.2, 0.25) is 0 Å². The Morgan fingerprint density at radius 2 is 2.05 bits per heavy atom. The third kappa shape index (κ3) is 4.75. The summed E-state index contributed by atoms with van der Waals surface area (Å²) in [5.41, 5.74) is 0.840. The third-order valence-corrected chi connectivity index (χ3v) is 3.68. The van der Waals surface area contributed by atoms with E-state index in [1.807, 2.05) is 0 Å². The fourth-order valence-electron chi connectivity index (χ4n) is 2.62. The van der Waals surface area contributed by atoms with Gasteiger partial charge < -0.3 is 4.74 Å². The molecule has 1 aliphatic carbocycles. The summed E-state index contributed by atoms with van der Waals surface area (Å²) in [5.74, 6) is 0.486. The van der Waals surface area contributed by atoms with Crippen molar-refractivity contribution >= 4 is 5.78 Å². The van der Waals surface area contributed by atoms with E-state index in [0.717, 1.165) is 18.4 Å². The predicted molar refractivity (Wildman–Crippen MR) is 72.5 cm³/mol. The SMILES string of the molecule is CC1CCCC(OCC(=O)Cc2ccc(F)cc2)C1. The Balaban J connectivity index is 1.73. The van der Waals surface area contributed by atoms with Crippen LogP contribution in [0.25, 0.3) is 0 Å². The first kappa shape index (κ1) is 14.2. The van der Waals surface area contributed by atoms with Gasteiger partial charge in [-0.05, 0) is 36.5 Å². The lowest BCUT2D eigenvalue weighted by Crippen LogP contribution is -2.24. The predicted octanol–water partition coefficient (Wildman–Crippen LogP) is 3.53. The molecule has 0 heterocycles. The second-order valence-electron chi connectivity index (χ2n) is 5.55. The molecule has 0 aliphatic heterocycles. The summed E-state index contributed by atoms with van der Waals surface area (Å²) in [7, 11) is 0. The summed E-state index contributed by atoms with van der Waals surface area (Å²) in [6, 6.07) is 6.06. The number of ketones is 1. The highest BCUT2D eigenvalue weighted by atomic mass is 19.1. The lowest BCUT2D eigenvalue weighted by atomic mass is 9.89. The molecule has 0 aromatic heterocycles. The summed E-state index contributed by atoms with van der Waals surface area (Å²) in [4.78, 5) is 11.8. The first-order chi connectivity index (χ1) is 9.13. The Hall–Kier alpha value is -1.22. The van der Waals surface area contributed by atoms with Crippen molar-refractivity contribution in [3.63, 3.8) is 0 Å². The van der Waals surface area contributed by atoms with Crippen LogP contribution in [0.15, 0.2) is 24.3 Å². The van der Waals surface area contributed by atoms with Gasteiger partial charge in [0.15, 0.2) is 5.78 Å². The van der Waals surface area contributed by atoms with Crippen molar-refractivity contribution in [3.05, 3.63) is 35.6 Å². The van der Waals surface area contributed by atoms with Gasteiger partial charge in [-0.15, -0.1) is 0 Å². The van der Waals surface area contributed by atoms with Crippen LogP contribution in [0.3, 0.4) is 0 Å². The van der Waals surface area contributed by atoms with E-state index < -0.39 is 0 Å². The van der Waals surface area contributed by atoms with Crippen molar-refractivity contribution in [3.8, 4) is 0 Å². The number of Topliss-reactive ketones (excluding diaryl/α,β-unsaturated/α-hetero) is 1. The molecule has 2 atom stereocenters. The number of halogens is 1. The zero-order valence-corrected chi connectivity index (χ0v) is 11.4. The summed E-state index contributed by atoms with van der Waals surface area (Å²) in [6.45, 7) is 2.41. The van der Waals surface area contributed by atoms with Crippen molar-refractivity contribution in [2.45, 2.75) is 45.1 Å². The molecule has 2 rings (SSSR count). The topological polar surface area (TPSA) is 26.3 Å². The van der Waals surface area contributed by atoms with E-state index in [0.29, 0.717) is 12.3 Å². The van der Waals surface area contributed by atoms with Crippen LogP contribution in [0.4, 0.5) is 4.39 Å². The van der Waals surface area contributed by atoms with Gasteiger partial charge in [-0.3, -0.25) is 4.79 Å². The maximum absolute atomic E-state index is 12.7. The van der Waals surface area contributed by atoms with Gasteiger partial charge in [0.1, 0.15) is 12.4 Å². The second kappa shape index (κ2) is 6.80. The molecule has 0 spiro atoms.